The van der Waals surface area contributed by atoms with Crippen molar-refractivity contribution in [3.05, 3.63) is 59.7 Å². The van der Waals surface area contributed by atoms with E-state index in [9.17, 15) is 5.26 Å². The minimum atomic E-state index is 0.0647. The summed E-state index contributed by atoms with van der Waals surface area (Å²) in [5, 5.41) is 13.9. The zero-order valence-electron chi connectivity index (χ0n) is 18.9. The van der Waals surface area contributed by atoms with Gasteiger partial charge in [-0.05, 0) is 55.7 Å². The lowest BCUT2D eigenvalue weighted by Gasteiger charge is -2.34. The molecule has 0 N–H and O–H groups in total. The molecule has 0 saturated heterocycles. The van der Waals surface area contributed by atoms with E-state index in [1.807, 2.05) is 43.0 Å². The fraction of sp³-hybridized carbons (Fsp3) is 0.346. The van der Waals surface area contributed by atoms with Crippen LogP contribution in [0.2, 0.25) is 0 Å². The Bertz CT molecular complexity index is 1420. The van der Waals surface area contributed by atoms with Crippen molar-refractivity contribution >= 4 is 22.5 Å². The third kappa shape index (κ3) is 3.01. The molecule has 1 aromatic carbocycles. The molecule has 1 saturated carbocycles. The Labute approximate surface area is 192 Å². The van der Waals surface area contributed by atoms with E-state index in [0.29, 0.717) is 0 Å². The Morgan fingerprint density at radius 1 is 1.06 bits per heavy atom. The molecule has 33 heavy (non-hydrogen) atoms. The molecule has 1 aliphatic carbocycles. The highest BCUT2D eigenvalue weighted by Crippen LogP contribution is 2.52. The van der Waals surface area contributed by atoms with Gasteiger partial charge in [-0.25, -0.2) is 15.0 Å². The second kappa shape index (κ2) is 7.38. The molecule has 1 aliphatic heterocycles. The number of pyridine rings is 1. The second-order valence-corrected chi connectivity index (χ2v) is 9.30. The molecule has 4 heterocycles. The summed E-state index contributed by atoms with van der Waals surface area (Å²) in [6, 6.07) is 12.4. The first-order valence-corrected chi connectivity index (χ1v) is 11.5. The van der Waals surface area contributed by atoms with Crippen molar-refractivity contribution in [2.75, 3.05) is 11.4 Å². The SMILES string of the molecule is Cc1c(-c2ccc3ncnc(N4CC5(CCCCC5)c5cc(C#N)ccc54)c3n2)cnn1C. The van der Waals surface area contributed by atoms with Crippen molar-refractivity contribution in [2.45, 2.75) is 44.4 Å². The summed E-state index contributed by atoms with van der Waals surface area (Å²) < 4.78 is 1.86. The summed E-state index contributed by atoms with van der Waals surface area (Å²) in [6.07, 6.45) is 9.49. The number of hydrogen-bond donors (Lipinski definition) is 0. The average Bonchev–Trinajstić information content (AvgIpc) is 3.35. The van der Waals surface area contributed by atoms with Crippen LogP contribution in [0.3, 0.4) is 0 Å². The molecule has 0 atom stereocenters. The lowest BCUT2D eigenvalue weighted by atomic mass is 9.70. The molecular formula is C26H25N7. The first-order chi connectivity index (χ1) is 16.1. The molecule has 1 spiro atoms. The number of fused-ring (bicyclic) bond motifs is 3. The summed E-state index contributed by atoms with van der Waals surface area (Å²) in [5.74, 6) is 0.830. The van der Waals surface area contributed by atoms with Crippen LogP contribution in [0.5, 0.6) is 0 Å². The Morgan fingerprint density at radius 3 is 2.67 bits per heavy atom. The number of aryl methyl sites for hydroxylation is 1. The van der Waals surface area contributed by atoms with Crippen LogP contribution in [0, 0.1) is 18.3 Å². The molecule has 6 rings (SSSR count). The monoisotopic (exact) mass is 435 g/mol. The first-order valence-electron chi connectivity index (χ1n) is 11.5. The summed E-state index contributed by atoms with van der Waals surface area (Å²) in [5.41, 5.74) is 7.78. The van der Waals surface area contributed by atoms with Crippen molar-refractivity contribution in [2.24, 2.45) is 7.05 Å². The second-order valence-electron chi connectivity index (χ2n) is 9.30. The predicted octanol–water partition coefficient (Wildman–Crippen LogP) is 4.96. The van der Waals surface area contributed by atoms with Gasteiger partial charge in [-0.1, -0.05) is 19.3 Å². The van der Waals surface area contributed by atoms with Gasteiger partial charge >= 0.3 is 0 Å². The van der Waals surface area contributed by atoms with Gasteiger partial charge in [0.2, 0.25) is 0 Å². The largest absolute Gasteiger partial charge is 0.323 e. The summed E-state index contributed by atoms with van der Waals surface area (Å²) in [4.78, 5) is 16.6. The van der Waals surface area contributed by atoms with Gasteiger partial charge in [0.25, 0.3) is 0 Å². The van der Waals surface area contributed by atoms with Crippen LogP contribution in [0.4, 0.5) is 11.5 Å². The quantitative estimate of drug-likeness (QED) is 0.443. The maximum Gasteiger partial charge on any atom is 0.163 e. The molecule has 0 bridgehead atoms. The predicted molar refractivity (Wildman–Crippen MR) is 127 cm³/mol. The lowest BCUT2D eigenvalue weighted by molar-refractivity contribution is 0.314. The van der Waals surface area contributed by atoms with E-state index in [1.165, 1.54) is 24.8 Å². The third-order valence-electron chi connectivity index (χ3n) is 7.49. The number of benzene rings is 1. The number of aromatic nitrogens is 5. The first kappa shape index (κ1) is 19.9. The molecule has 3 aromatic heterocycles. The Hall–Kier alpha value is -3.79. The molecular weight excluding hydrogens is 410 g/mol. The van der Waals surface area contributed by atoms with Crippen LogP contribution in [0.25, 0.3) is 22.3 Å². The fourth-order valence-corrected chi connectivity index (χ4v) is 5.61. The maximum atomic E-state index is 9.54. The van der Waals surface area contributed by atoms with E-state index in [4.69, 9.17) is 9.97 Å². The molecule has 7 heteroatoms. The highest BCUT2D eigenvalue weighted by molar-refractivity contribution is 5.91. The fourth-order valence-electron chi connectivity index (χ4n) is 5.61. The van der Waals surface area contributed by atoms with Gasteiger partial charge in [-0.15, -0.1) is 0 Å². The number of nitrogens with zero attached hydrogens (tertiary/aromatic N) is 7. The maximum absolute atomic E-state index is 9.54. The van der Waals surface area contributed by atoms with E-state index >= 15 is 0 Å². The van der Waals surface area contributed by atoms with E-state index in [0.717, 1.165) is 64.4 Å². The van der Waals surface area contributed by atoms with Gasteiger partial charge in [0.1, 0.15) is 11.8 Å². The molecule has 164 valence electrons. The van der Waals surface area contributed by atoms with Gasteiger partial charge in [-0.3, -0.25) is 4.68 Å². The topological polar surface area (TPSA) is 83.5 Å². The molecule has 0 radical (unpaired) electrons. The molecule has 7 nitrogen and oxygen atoms in total. The summed E-state index contributed by atoms with van der Waals surface area (Å²) in [6.45, 7) is 2.91. The zero-order chi connectivity index (χ0) is 22.6. The van der Waals surface area contributed by atoms with Gasteiger partial charge in [0.15, 0.2) is 5.82 Å². The summed E-state index contributed by atoms with van der Waals surface area (Å²) >= 11 is 0. The van der Waals surface area contributed by atoms with Gasteiger partial charge < -0.3 is 4.90 Å². The van der Waals surface area contributed by atoms with E-state index in [-0.39, 0.29) is 5.41 Å². The van der Waals surface area contributed by atoms with E-state index < -0.39 is 0 Å². The molecule has 2 aliphatic rings. The standard InChI is InChI=1S/C26H25N7/c1-17-19(14-30-32(17)2)21-7-8-22-24(31-21)25(29-16-28-22)33-15-26(10-4-3-5-11-26)20-12-18(13-27)6-9-23(20)33/h6-9,12,14,16H,3-5,10-11,15H2,1-2H3. The Balaban J connectivity index is 1.53. The number of rotatable bonds is 2. The highest BCUT2D eigenvalue weighted by Gasteiger charge is 2.44. The molecule has 0 amide bonds. The minimum absolute atomic E-state index is 0.0647. The van der Waals surface area contributed by atoms with Gasteiger partial charge in [0, 0.05) is 36.0 Å². The van der Waals surface area contributed by atoms with Crippen molar-refractivity contribution in [1.82, 2.24) is 24.7 Å². The van der Waals surface area contributed by atoms with Gasteiger partial charge in [-0.2, -0.15) is 10.4 Å². The average molecular weight is 436 g/mol. The van der Waals surface area contributed by atoms with Crippen LogP contribution in [0.15, 0.2) is 42.9 Å². The van der Waals surface area contributed by atoms with Crippen molar-refractivity contribution in [3.8, 4) is 17.3 Å². The van der Waals surface area contributed by atoms with Crippen molar-refractivity contribution < 1.29 is 0 Å². The summed E-state index contributed by atoms with van der Waals surface area (Å²) in [7, 11) is 1.94. The molecule has 0 unspecified atom stereocenters. The normalized spacial score (nSPS) is 16.8. The Morgan fingerprint density at radius 2 is 1.91 bits per heavy atom. The third-order valence-corrected chi connectivity index (χ3v) is 7.49. The van der Waals surface area contributed by atoms with Crippen LogP contribution in [-0.4, -0.2) is 31.3 Å². The van der Waals surface area contributed by atoms with Crippen LogP contribution < -0.4 is 4.90 Å². The van der Waals surface area contributed by atoms with Crippen molar-refractivity contribution in [1.29, 1.82) is 5.26 Å². The van der Waals surface area contributed by atoms with Crippen molar-refractivity contribution in [3.63, 3.8) is 0 Å². The molecule has 4 aromatic rings. The molecule has 1 fully saturated rings. The van der Waals surface area contributed by atoms with Crippen LogP contribution in [0.1, 0.15) is 48.9 Å². The number of hydrogen-bond acceptors (Lipinski definition) is 6. The smallest absolute Gasteiger partial charge is 0.163 e. The van der Waals surface area contributed by atoms with E-state index in [1.54, 1.807) is 6.33 Å². The zero-order valence-corrected chi connectivity index (χ0v) is 18.9. The van der Waals surface area contributed by atoms with Crippen LogP contribution >= 0.6 is 0 Å². The van der Waals surface area contributed by atoms with Gasteiger partial charge in [0.05, 0.1) is 29.0 Å². The lowest BCUT2D eigenvalue weighted by Crippen LogP contribution is -2.34. The number of anilines is 2. The number of nitriles is 1. The van der Waals surface area contributed by atoms with E-state index in [2.05, 4.69) is 33.2 Å². The highest BCUT2D eigenvalue weighted by atomic mass is 15.3. The van der Waals surface area contributed by atoms with Crippen LogP contribution in [-0.2, 0) is 12.5 Å². The Kier molecular flexibility index (Phi) is 4.44. The minimum Gasteiger partial charge on any atom is -0.323 e.